The Kier molecular flexibility index (Phi) is 5.72. The van der Waals surface area contributed by atoms with E-state index in [1.165, 1.54) is 0 Å². The normalized spacial score (nSPS) is 17.2. The summed E-state index contributed by atoms with van der Waals surface area (Å²) in [6, 6.07) is 0. The molecule has 1 atom stereocenters. The second-order valence-electron chi connectivity index (χ2n) is 3.49. The van der Waals surface area contributed by atoms with Gasteiger partial charge in [-0.2, -0.15) is 0 Å². The molecular weight excluding hydrogens is 244 g/mol. The number of carbonyl (C=O) groups is 2. The molecule has 8 heteroatoms. The molecule has 0 radical (unpaired) electrons. The molecule has 0 fully saturated rings. The third-order valence-corrected chi connectivity index (χ3v) is 2.28. The van der Waals surface area contributed by atoms with Crippen LogP contribution < -0.4 is 11.1 Å². The van der Waals surface area contributed by atoms with E-state index in [-0.39, 0.29) is 37.7 Å². The summed E-state index contributed by atoms with van der Waals surface area (Å²) >= 11 is 0. The van der Waals surface area contributed by atoms with E-state index in [1.807, 2.05) is 5.32 Å². The van der Waals surface area contributed by atoms with Gasteiger partial charge in [-0.25, -0.2) is 0 Å². The number of ether oxygens (including phenoxy) is 2. The summed E-state index contributed by atoms with van der Waals surface area (Å²) in [5.41, 5.74) is 5.13. The highest BCUT2D eigenvalue weighted by Gasteiger charge is 2.34. The number of imide groups is 1. The van der Waals surface area contributed by atoms with Gasteiger partial charge in [0.2, 0.25) is 0 Å². The summed E-state index contributed by atoms with van der Waals surface area (Å²) in [6.07, 6.45) is -0.964. The van der Waals surface area contributed by atoms with Crippen molar-refractivity contribution in [2.75, 3.05) is 33.0 Å². The maximum atomic E-state index is 11.4. The van der Waals surface area contributed by atoms with Crippen LogP contribution in [-0.4, -0.2) is 61.2 Å². The summed E-state index contributed by atoms with van der Waals surface area (Å²) in [5.74, 6) is -1.35. The van der Waals surface area contributed by atoms with E-state index in [4.69, 9.17) is 25.4 Å². The smallest absolute Gasteiger partial charge is 0.274 e. The first kappa shape index (κ1) is 14.6. The van der Waals surface area contributed by atoms with E-state index in [1.54, 1.807) is 0 Å². The highest BCUT2D eigenvalue weighted by Crippen LogP contribution is 2.15. The van der Waals surface area contributed by atoms with Crippen molar-refractivity contribution >= 4 is 11.8 Å². The molecule has 5 N–H and O–H groups in total. The fourth-order valence-corrected chi connectivity index (χ4v) is 1.45. The molecule has 0 bridgehead atoms. The minimum absolute atomic E-state index is 0.0651. The van der Waals surface area contributed by atoms with Gasteiger partial charge in [0.05, 0.1) is 38.6 Å². The molecule has 0 aromatic rings. The molecule has 1 aliphatic rings. The number of rotatable bonds is 8. The Hall–Kier alpha value is -1.48. The number of carbonyl (C=O) groups excluding carboxylic acids is 2. The number of aliphatic hydroxyl groups excluding tert-OH is 2. The van der Waals surface area contributed by atoms with Crippen LogP contribution in [0.2, 0.25) is 0 Å². The van der Waals surface area contributed by atoms with Gasteiger partial charge < -0.3 is 25.4 Å². The average molecular weight is 260 g/mol. The van der Waals surface area contributed by atoms with Crippen molar-refractivity contribution in [1.29, 1.82) is 0 Å². The molecule has 1 aliphatic heterocycles. The second-order valence-corrected chi connectivity index (χ2v) is 3.49. The van der Waals surface area contributed by atoms with Gasteiger partial charge in [0.15, 0.2) is 0 Å². The first-order valence-corrected chi connectivity index (χ1v) is 5.38. The molecule has 1 heterocycles. The van der Waals surface area contributed by atoms with E-state index >= 15 is 0 Å². The van der Waals surface area contributed by atoms with E-state index in [0.717, 1.165) is 0 Å². The molecule has 0 aliphatic carbocycles. The molecule has 0 spiro atoms. The lowest BCUT2D eigenvalue weighted by molar-refractivity contribution is -0.124. The Morgan fingerprint density at radius 3 is 2.39 bits per heavy atom. The van der Waals surface area contributed by atoms with Gasteiger partial charge in [-0.3, -0.25) is 14.9 Å². The van der Waals surface area contributed by atoms with Crippen LogP contribution in [0.4, 0.5) is 0 Å². The molecule has 2 amide bonds. The van der Waals surface area contributed by atoms with Gasteiger partial charge in [0.1, 0.15) is 11.8 Å². The molecule has 0 saturated heterocycles. The lowest BCUT2D eigenvalue weighted by Gasteiger charge is -2.15. The van der Waals surface area contributed by atoms with E-state index in [2.05, 4.69) is 0 Å². The number of hydrogen-bond donors (Lipinski definition) is 4. The summed E-state index contributed by atoms with van der Waals surface area (Å²) in [7, 11) is 0. The lowest BCUT2D eigenvalue weighted by atomic mass is 10.1. The Bertz CT molecular complexity index is 354. The van der Waals surface area contributed by atoms with Crippen LogP contribution in [0, 0.1) is 0 Å². The summed E-state index contributed by atoms with van der Waals surface area (Å²) in [6.45, 7) is -0.102. The van der Waals surface area contributed by atoms with Crippen LogP contribution in [0.5, 0.6) is 0 Å². The van der Waals surface area contributed by atoms with Crippen LogP contribution in [0.25, 0.3) is 0 Å². The van der Waals surface area contributed by atoms with Crippen molar-refractivity contribution < 1.29 is 29.3 Å². The number of amides is 2. The van der Waals surface area contributed by atoms with Crippen LogP contribution in [0.1, 0.15) is 0 Å². The van der Waals surface area contributed by atoms with Crippen LogP contribution in [0.15, 0.2) is 11.3 Å². The zero-order valence-corrected chi connectivity index (χ0v) is 9.72. The molecule has 18 heavy (non-hydrogen) atoms. The van der Waals surface area contributed by atoms with Crippen molar-refractivity contribution in [2.24, 2.45) is 5.73 Å². The monoisotopic (exact) mass is 260 g/mol. The molecule has 0 saturated carbocycles. The van der Waals surface area contributed by atoms with Crippen molar-refractivity contribution in [3.8, 4) is 0 Å². The molecule has 1 unspecified atom stereocenters. The molecule has 8 nitrogen and oxygen atoms in total. The van der Waals surface area contributed by atoms with Crippen molar-refractivity contribution in [3.63, 3.8) is 0 Å². The quantitative estimate of drug-likeness (QED) is 0.274. The van der Waals surface area contributed by atoms with E-state index < -0.39 is 24.5 Å². The van der Waals surface area contributed by atoms with Gasteiger partial charge in [0.25, 0.3) is 11.8 Å². The van der Waals surface area contributed by atoms with Crippen molar-refractivity contribution in [2.45, 2.75) is 6.10 Å². The van der Waals surface area contributed by atoms with Crippen LogP contribution in [0.3, 0.4) is 0 Å². The highest BCUT2D eigenvalue weighted by molar-refractivity contribution is 6.19. The summed E-state index contributed by atoms with van der Waals surface area (Å²) in [4.78, 5) is 22.5. The zero-order valence-electron chi connectivity index (χ0n) is 9.72. The third-order valence-electron chi connectivity index (χ3n) is 2.28. The zero-order chi connectivity index (χ0) is 13.5. The van der Waals surface area contributed by atoms with Gasteiger partial charge in [-0.05, 0) is 0 Å². The number of hydrogen-bond acceptors (Lipinski definition) is 7. The summed E-state index contributed by atoms with van der Waals surface area (Å²) < 4.78 is 10.1. The van der Waals surface area contributed by atoms with Crippen LogP contribution >= 0.6 is 0 Å². The SMILES string of the molecule is NC1=C(C(CO)OCCOCCO)C(=O)NC1=O. The topological polar surface area (TPSA) is 131 Å². The molecule has 102 valence electrons. The standard InChI is InChI=1S/C10H16N2O6/c11-8-7(9(15)12-10(8)16)6(5-14)18-4-3-17-2-1-13/h6,13-14H,1-5H2,(H3,11,12,15,16). The molecule has 1 rings (SSSR count). The number of nitrogens with one attached hydrogen (secondary N) is 1. The van der Waals surface area contributed by atoms with Gasteiger partial charge in [-0.1, -0.05) is 0 Å². The number of nitrogens with two attached hydrogens (primary N) is 1. The first-order chi connectivity index (χ1) is 8.61. The van der Waals surface area contributed by atoms with Gasteiger partial charge >= 0.3 is 0 Å². The fourth-order valence-electron chi connectivity index (χ4n) is 1.45. The Morgan fingerprint density at radius 1 is 1.17 bits per heavy atom. The highest BCUT2D eigenvalue weighted by atomic mass is 16.5. The van der Waals surface area contributed by atoms with Crippen molar-refractivity contribution in [3.05, 3.63) is 11.3 Å². The Labute approximate surface area is 103 Å². The third kappa shape index (κ3) is 3.50. The first-order valence-electron chi connectivity index (χ1n) is 5.38. The summed E-state index contributed by atoms with van der Waals surface area (Å²) in [5, 5.41) is 19.6. The second kappa shape index (κ2) is 7.07. The molecule has 0 aromatic heterocycles. The maximum absolute atomic E-state index is 11.4. The fraction of sp³-hybridized carbons (Fsp3) is 0.600. The molecular formula is C10H16N2O6. The van der Waals surface area contributed by atoms with Gasteiger partial charge in [-0.15, -0.1) is 0 Å². The predicted molar refractivity (Wildman–Crippen MR) is 59.1 cm³/mol. The molecule has 0 aromatic carbocycles. The van der Waals surface area contributed by atoms with E-state index in [9.17, 15) is 9.59 Å². The lowest BCUT2D eigenvalue weighted by Crippen LogP contribution is -2.30. The van der Waals surface area contributed by atoms with Gasteiger partial charge in [0, 0.05) is 0 Å². The largest absolute Gasteiger partial charge is 0.394 e. The minimum atomic E-state index is -0.964. The van der Waals surface area contributed by atoms with Crippen LogP contribution in [-0.2, 0) is 19.1 Å². The predicted octanol–water partition coefficient (Wildman–Crippen LogP) is -2.76. The Balaban J connectivity index is 2.51. The van der Waals surface area contributed by atoms with Crippen molar-refractivity contribution in [1.82, 2.24) is 5.32 Å². The number of aliphatic hydroxyl groups is 2. The Morgan fingerprint density at radius 2 is 1.89 bits per heavy atom. The average Bonchev–Trinajstić information content (AvgIpc) is 2.59. The van der Waals surface area contributed by atoms with E-state index in [0.29, 0.717) is 0 Å². The maximum Gasteiger partial charge on any atom is 0.274 e. The minimum Gasteiger partial charge on any atom is -0.394 e.